The van der Waals surface area contributed by atoms with Gasteiger partial charge in [-0.3, -0.25) is 9.36 Å². The van der Waals surface area contributed by atoms with Crippen molar-refractivity contribution >= 4 is 28.9 Å². The number of aromatic nitrogens is 4. The first kappa shape index (κ1) is 23.6. The van der Waals surface area contributed by atoms with Gasteiger partial charge < -0.3 is 47.9 Å². The number of imidazole rings is 1. The van der Waals surface area contributed by atoms with Crippen LogP contribution in [0.3, 0.4) is 0 Å². The summed E-state index contributed by atoms with van der Waals surface area (Å²) in [6.07, 6.45) is -0.766. The first-order valence-electron chi connectivity index (χ1n) is 9.91. The number of nitrogens with one attached hydrogen (secondary N) is 2. The van der Waals surface area contributed by atoms with Gasteiger partial charge in [-0.15, -0.1) is 0 Å². The number of hydrogen-bond acceptors (Lipinski definition) is 11. The molecule has 3 rings (SSSR count). The molecule has 0 radical (unpaired) electrons. The van der Waals surface area contributed by atoms with E-state index in [0.29, 0.717) is 19.4 Å². The highest BCUT2D eigenvalue weighted by Gasteiger charge is 2.57. The third-order valence-electron chi connectivity index (χ3n) is 5.22. The van der Waals surface area contributed by atoms with Gasteiger partial charge in [-0.1, -0.05) is 0 Å². The average molecular weight is 453 g/mol. The van der Waals surface area contributed by atoms with Crippen LogP contribution in [-0.4, -0.2) is 84.3 Å². The number of aliphatic hydroxyl groups excluding tert-OH is 3. The smallest absolute Gasteiger partial charge is 0.312 e. The van der Waals surface area contributed by atoms with Crippen molar-refractivity contribution in [1.29, 1.82) is 0 Å². The molecule has 2 aromatic heterocycles. The molecule has 32 heavy (non-hydrogen) atoms. The monoisotopic (exact) mass is 453 g/mol. The minimum absolute atomic E-state index is 0.0586. The molecule has 5 atom stereocenters. The van der Waals surface area contributed by atoms with Crippen molar-refractivity contribution in [2.24, 2.45) is 11.5 Å². The number of anilines is 1. The van der Waals surface area contributed by atoms with Crippen molar-refractivity contribution in [3.05, 3.63) is 12.7 Å². The Hall–Kier alpha value is -3.11. The quantitative estimate of drug-likeness (QED) is 0.172. The number of carbonyl (C=O) groups excluding carboxylic acids is 2. The standard InChI is InChI=1S/C17H27N9O6/c18-8(3-1-2-4-21-16(20)31)15(30)25-17(12(29)11(28)9(5-27)32-17)26-7-24-10-13(19)22-6-23-14(10)26/h6-9,11-12,27-29H,1-5,18H2,(H,25,30)(H2,19,22,23)(H3,20,21,31)/t8-,9+,11+,12+,17-/m0/s1. The molecular formula is C17H27N9O6. The zero-order valence-electron chi connectivity index (χ0n) is 17.1. The maximum atomic E-state index is 12.9. The van der Waals surface area contributed by atoms with Crippen LogP contribution in [0.2, 0.25) is 0 Å². The van der Waals surface area contributed by atoms with Crippen molar-refractivity contribution in [3.63, 3.8) is 0 Å². The van der Waals surface area contributed by atoms with Crippen LogP contribution in [0.15, 0.2) is 12.7 Å². The molecule has 1 fully saturated rings. The number of nitrogens with two attached hydrogens (primary N) is 3. The topological polar surface area (TPSA) is 250 Å². The van der Waals surface area contributed by atoms with Gasteiger partial charge in [0, 0.05) is 6.54 Å². The summed E-state index contributed by atoms with van der Waals surface area (Å²) in [6, 6.07) is -1.65. The highest BCUT2D eigenvalue weighted by Crippen LogP contribution is 2.36. The highest BCUT2D eigenvalue weighted by atomic mass is 16.6. The molecule has 15 heteroatoms. The summed E-state index contributed by atoms with van der Waals surface area (Å²) in [5, 5.41) is 35.7. The largest absolute Gasteiger partial charge is 0.394 e. The minimum atomic E-state index is -2.06. The Morgan fingerprint density at radius 2 is 2.03 bits per heavy atom. The molecule has 11 N–H and O–H groups in total. The normalized spacial score (nSPS) is 26.2. The van der Waals surface area contributed by atoms with Crippen LogP contribution in [-0.2, 0) is 15.4 Å². The lowest BCUT2D eigenvalue weighted by Crippen LogP contribution is -2.61. The number of unbranched alkanes of at least 4 members (excludes halogenated alkanes) is 1. The number of urea groups is 1. The van der Waals surface area contributed by atoms with Crippen LogP contribution in [0.5, 0.6) is 0 Å². The molecule has 0 aliphatic carbocycles. The van der Waals surface area contributed by atoms with Crippen LogP contribution < -0.4 is 27.8 Å². The number of hydrogen-bond donors (Lipinski definition) is 8. The molecular weight excluding hydrogens is 426 g/mol. The molecule has 3 amide bonds. The van der Waals surface area contributed by atoms with Crippen LogP contribution in [0.4, 0.5) is 10.6 Å². The molecule has 2 aromatic rings. The Morgan fingerprint density at radius 1 is 1.28 bits per heavy atom. The maximum absolute atomic E-state index is 12.9. The van der Waals surface area contributed by atoms with Crippen molar-refractivity contribution in [2.45, 2.75) is 49.5 Å². The fourth-order valence-electron chi connectivity index (χ4n) is 3.51. The predicted molar refractivity (Wildman–Crippen MR) is 109 cm³/mol. The second-order valence-electron chi connectivity index (χ2n) is 7.40. The van der Waals surface area contributed by atoms with Crippen molar-refractivity contribution in [2.75, 3.05) is 18.9 Å². The number of ether oxygens (including phenoxy) is 1. The number of carbonyl (C=O) groups is 2. The van der Waals surface area contributed by atoms with E-state index >= 15 is 0 Å². The molecule has 1 aliphatic rings. The van der Waals surface area contributed by atoms with Gasteiger partial charge in [0.15, 0.2) is 17.6 Å². The van der Waals surface area contributed by atoms with Gasteiger partial charge in [0.25, 0.3) is 5.85 Å². The zero-order chi connectivity index (χ0) is 23.5. The molecule has 0 bridgehead atoms. The third-order valence-corrected chi connectivity index (χ3v) is 5.22. The fraction of sp³-hybridized carbons (Fsp3) is 0.588. The molecule has 15 nitrogen and oxygen atoms in total. The lowest BCUT2D eigenvalue weighted by atomic mass is 10.1. The first-order chi connectivity index (χ1) is 15.2. The van der Waals surface area contributed by atoms with Gasteiger partial charge in [-0.2, -0.15) is 0 Å². The average Bonchev–Trinajstić information content (AvgIpc) is 3.29. The molecule has 3 heterocycles. The molecule has 0 spiro atoms. The van der Waals surface area contributed by atoms with E-state index in [4.69, 9.17) is 21.9 Å². The van der Waals surface area contributed by atoms with Crippen LogP contribution in [0.1, 0.15) is 19.3 Å². The molecule has 0 unspecified atom stereocenters. The second kappa shape index (κ2) is 9.58. The molecule has 0 aromatic carbocycles. The van der Waals surface area contributed by atoms with Gasteiger partial charge >= 0.3 is 6.03 Å². The van der Waals surface area contributed by atoms with Crippen LogP contribution in [0.25, 0.3) is 11.2 Å². The van der Waals surface area contributed by atoms with Crippen LogP contribution in [0, 0.1) is 0 Å². The van der Waals surface area contributed by atoms with Crippen molar-refractivity contribution < 1.29 is 29.6 Å². The number of amides is 3. The Balaban J connectivity index is 1.84. The van der Waals surface area contributed by atoms with Gasteiger partial charge in [-0.05, 0) is 19.3 Å². The van der Waals surface area contributed by atoms with Crippen LogP contribution >= 0.6 is 0 Å². The number of primary amides is 1. The summed E-state index contributed by atoms with van der Waals surface area (Å²) in [5.41, 5.74) is 17.1. The first-order valence-corrected chi connectivity index (χ1v) is 9.91. The van der Waals surface area contributed by atoms with Gasteiger partial charge in [0.05, 0.1) is 12.6 Å². The van der Waals surface area contributed by atoms with Gasteiger partial charge in [0.1, 0.15) is 30.4 Å². The lowest BCUT2D eigenvalue weighted by Gasteiger charge is -2.35. The number of fused-ring (bicyclic) bond motifs is 1. The summed E-state index contributed by atoms with van der Waals surface area (Å²) in [7, 11) is 0. The van der Waals surface area contributed by atoms with E-state index in [1.54, 1.807) is 0 Å². The highest BCUT2D eigenvalue weighted by molar-refractivity contribution is 5.83. The summed E-state index contributed by atoms with van der Waals surface area (Å²) >= 11 is 0. The summed E-state index contributed by atoms with van der Waals surface area (Å²) in [6.45, 7) is -0.291. The summed E-state index contributed by atoms with van der Waals surface area (Å²) < 4.78 is 6.93. The number of rotatable bonds is 9. The maximum Gasteiger partial charge on any atom is 0.312 e. The van der Waals surface area contributed by atoms with Crippen molar-refractivity contribution in [1.82, 2.24) is 30.2 Å². The summed E-state index contributed by atoms with van der Waals surface area (Å²) in [4.78, 5) is 35.6. The number of aliphatic hydroxyl groups is 3. The Morgan fingerprint density at radius 3 is 2.69 bits per heavy atom. The van der Waals surface area contributed by atoms with Crippen molar-refractivity contribution in [3.8, 4) is 0 Å². The summed E-state index contributed by atoms with van der Waals surface area (Å²) in [5.74, 6) is -2.70. The SMILES string of the molecule is NC(=O)NCCCC[C@H](N)C(=O)N[C@@]1(n2cnc3c(N)ncnc32)O[C@H](CO)[C@@H](O)[C@H]1O. The minimum Gasteiger partial charge on any atom is -0.394 e. The van der Waals surface area contributed by atoms with E-state index in [9.17, 15) is 24.9 Å². The Kier molecular flexibility index (Phi) is 7.05. The lowest BCUT2D eigenvalue weighted by molar-refractivity contribution is -0.177. The Labute approximate surface area is 182 Å². The molecule has 0 saturated carbocycles. The van der Waals surface area contributed by atoms with Gasteiger partial charge in [0.2, 0.25) is 5.91 Å². The van der Waals surface area contributed by atoms with E-state index in [2.05, 4.69) is 25.6 Å². The Bertz CT molecular complexity index is 971. The van der Waals surface area contributed by atoms with Gasteiger partial charge in [-0.25, -0.2) is 19.7 Å². The second-order valence-corrected chi connectivity index (χ2v) is 7.40. The van der Waals surface area contributed by atoms with E-state index in [1.165, 1.54) is 17.2 Å². The number of nitrogen functional groups attached to an aromatic ring is 1. The predicted octanol–water partition coefficient (Wildman–Crippen LogP) is -3.59. The van der Waals surface area contributed by atoms with E-state index < -0.39 is 48.7 Å². The third kappa shape index (κ3) is 4.42. The number of nitrogens with zero attached hydrogens (tertiary/aromatic N) is 4. The van der Waals surface area contributed by atoms with E-state index in [-0.39, 0.29) is 23.4 Å². The fourth-order valence-corrected chi connectivity index (χ4v) is 3.51. The molecule has 1 saturated heterocycles. The molecule has 176 valence electrons. The molecule has 1 aliphatic heterocycles. The van der Waals surface area contributed by atoms with E-state index in [1.807, 2.05) is 0 Å². The van der Waals surface area contributed by atoms with E-state index in [0.717, 1.165) is 0 Å². The zero-order valence-corrected chi connectivity index (χ0v) is 17.1.